The van der Waals surface area contributed by atoms with Crippen molar-refractivity contribution in [1.82, 2.24) is 9.47 Å². The molecule has 0 amide bonds. The third-order valence-electron chi connectivity index (χ3n) is 1.92. The van der Waals surface area contributed by atoms with Crippen molar-refractivity contribution in [3.05, 3.63) is 12.1 Å². The average Bonchev–Trinajstić information content (AvgIpc) is 2.34. The largest absolute Gasteiger partial charge is 0.494 e. The standard InChI is InChI=1S/C9H16N2O2/c1-10(2)6-3-7-11-8(12)4-5-9(11)13/h4-5,12-13H,3,6-7H2,1-2H3. The molecule has 0 bridgehead atoms. The summed E-state index contributed by atoms with van der Waals surface area (Å²) in [7, 11) is 3.99. The Labute approximate surface area is 78.0 Å². The van der Waals surface area contributed by atoms with Gasteiger partial charge in [0.15, 0.2) is 11.8 Å². The molecule has 0 spiro atoms. The van der Waals surface area contributed by atoms with Crippen LogP contribution in [-0.4, -0.2) is 40.3 Å². The number of hydrogen-bond acceptors (Lipinski definition) is 3. The van der Waals surface area contributed by atoms with Crippen LogP contribution < -0.4 is 0 Å². The van der Waals surface area contributed by atoms with Crippen LogP contribution in [0.4, 0.5) is 0 Å². The molecule has 0 fully saturated rings. The number of hydrogen-bond donors (Lipinski definition) is 2. The number of nitrogens with zero attached hydrogens (tertiary/aromatic N) is 2. The summed E-state index contributed by atoms with van der Waals surface area (Å²) >= 11 is 0. The van der Waals surface area contributed by atoms with Gasteiger partial charge in [0.1, 0.15) is 0 Å². The van der Waals surface area contributed by atoms with Gasteiger partial charge in [-0.2, -0.15) is 0 Å². The van der Waals surface area contributed by atoms with Gasteiger partial charge in [-0.25, -0.2) is 0 Å². The average molecular weight is 184 g/mol. The summed E-state index contributed by atoms with van der Waals surface area (Å²) in [6.45, 7) is 1.58. The maximum atomic E-state index is 9.29. The van der Waals surface area contributed by atoms with Crippen molar-refractivity contribution in [2.75, 3.05) is 20.6 Å². The van der Waals surface area contributed by atoms with Crippen molar-refractivity contribution in [2.24, 2.45) is 0 Å². The lowest BCUT2D eigenvalue weighted by molar-refractivity contribution is 0.340. The molecule has 0 aromatic carbocycles. The van der Waals surface area contributed by atoms with Crippen LogP contribution in [0.1, 0.15) is 6.42 Å². The van der Waals surface area contributed by atoms with E-state index in [9.17, 15) is 10.2 Å². The molecule has 1 aromatic heterocycles. The van der Waals surface area contributed by atoms with Crippen LogP contribution in [0.15, 0.2) is 12.1 Å². The van der Waals surface area contributed by atoms with E-state index in [1.165, 1.54) is 16.7 Å². The molecule has 2 N–H and O–H groups in total. The molecule has 0 unspecified atom stereocenters. The van der Waals surface area contributed by atoms with Crippen LogP contribution in [0.3, 0.4) is 0 Å². The van der Waals surface area contributed by atoms with Crippen molar-refractivity contribution >= 4 is 0 Å². The second-order valence-corrected chi connectivity index (χ2v) is 3.36. The van der Waals surface area contributed by atoms with Crippen LogP contribution in [0, 0.1) is 0 Å². The summed E-state index contributed by atoms with van der Waals surface area (Å²) in [6.07, 6.45) is 0.906. The van der Waals surface area contributed by atoms with E-state index in [1.807, 2.05) is 14.1 Å². The molecule has 0 saturated carbocycles. The molecular weight excluding hydrogens is 168 g/mol. The summed E-state index contributed by atoms with van der Waals surface area (Å²) in [5, 5.41) is 18.6. The van der Waals surface area contributed by atoms with Crippen LogP contribution >= 0.6 is 0 Å². The van der Waals surface area contributed by atoms with E-state index in [2.05, 4.69) is 4.90 Å². The molecule has 1 rings (SSSR count). The lowest BCUT2D eigenvalue weighted by Crippen LogP contribution is -2.14. The Hall–Kier alpha value is -1.16. The Morgan fingerprint density at radius 1 is 1.23 bits per heavy atom. The third kappa shape index (κ3) is 2.66. The topological polar surface area (TPSA) is 48.6 Å². The molecule has 0 atom stereocenters. The Bertz CT molecular complexity index is 249. The van der Waals surface area contributed by atoms with Crippen molar-refractivity contribution in [2.45, 2.75) is 13.0 Å². The van der Waals surface area contributed by atoms with E-state index in [4.69, 9.17) is 0 Å². The molecule has 0 radical (unpaired) electrons. The molecule has 1 heterocycles. The van der Waals surface area contributed by atoms with E-state index >= 15 is 0 Å². The Balaban J connectivity index is 2.44. The predicted molar refractivity (Wildman–Crippen MR) is 50.9 cm³/mol. The number of rotatable bonds is 4. The normalized spacial score (nSPS) is 11.0. The maximum absolute atomic E-state index is 9.29. The molecule has 0 saturated heterocycles. The maximum Gasteiger partial charge on any atom is 0.193 e. The molecule has 74 valence electrons. The fourth-order valence-electron chi connectivity index (χ4n) is 1.22. The summed E-state index contributed by atoms with van der Waals surface area (Å²) < 4.78 is 1.49. The highest BCUT2D eigenvalue weighted by Crippen LogP contribution is 2.20. The highest BCUT2D eigenvalue weighted by molar-refractivity contribution is 5.23. The van der Waals surface area contributed by atoms with Crippen LogP contribution in [0.2, 0.25) is 0 Å². The second kappa shape index (κ2) is 4.18. The zero-order chi connectivity index (χ0) is 9.84. The zero-order valence-electron chi connectivity index (χ0n) is 8.06. The van der Waals surface area contributed by atoms with Gasteiger partial charge in [0.25, 0.3) is 0 Å². The Morgan fingerprint density at radius 3 is 2.23 bits per heavy atom. The summed E-state index contributed by atoms with van der Waals surface area (Å²) in [5.74, 6) is 0.243. The molecule has 13 heavy (non-hydrogen) atoms. The highest BCUT2D eigenvalue weighted by Gasteiger charge is 2.04. The van der Waals surface area contributed by atoms with Gasteiger partial charge >= 0.3 is 0 Å². The minimum absolute atomic E-state index is 0.122. The predicted octanol–water partition coefficient (Wildman–Crippen LogP) is 0.851. The van der Waals surface area contributed by atoms with Crippen molar-refractivity contribution in [3.8, 4) is 11.8 Å². The van der Waals surface area contributed by atoms with Gasteiger partial charge in [-0.15, -0.1) is 0 Å². The Kier molecular flexibility index (Phi) is 3.19. The van der Waals surface area contributed by atoms with Crippen LogP contribution in [0.25, 0.3) is 0 Å². The minimum Gasteiger partial charge on any atom is -0.494 e. The van der Waals surface area contributed by atoms with Gasteiger partial charge in [0.05, 0.1) is 0 Å². The first-order valence-corrected chi connectivity index (χ1v) is 4.33. The fourth-order valence-corrected chi connectivity index (χ4v) is 1.22. The van der Waals surface area contributed by atoms with Crippen LogP contribution in [-0.2, 0) is 6.54 Å². The third-order valence-corrected chi connectivity index (χ3v) is 1.92. The first-order chi connectivity index (χ1) is 6.11. The van der Waals surface area contributed by atoms with Gasteiger partial charge in [-0.1, -0.05) is 0 Å². The van der Waals surface area contributed by atoms with Gasteiger partial charge in [0.2, 0.25) is 0 Å². The number of aromatic nitrogens is 1. The second-order valence-electron chi connectivity index (χ2n) is 3.36. The van der Waals surface area contributed by atoms with E-state index in [1.54, 1.807) is 0 Å². The monoisotopic (exact) mass is 184 g/mol. The summed E-state index contributed by atoms with van der Waals surface area (Å²) in [6, 6.07) is 2.98. The fraction of sp³-hybridized carbons (Fsp3) is 0.556. The lowest BCUT2D eigenvalue weighted by Gasteiger charge is -2.10. The Morgan fingerprint density at radius 2 is 1.77 bits per heavy atom. The van der Waals surface area contributed by atoms with Crippen molar-refractivity contribution in [3.63, 3.8) is 0 Å². The molecule has 4 heteroatoms. The first-order valence-electron chi connectivity index (χ1n) is 4.33. The van der Waals surface area contributed by atoms with E-state index in [0.717, 1.165) is 13.0 Å². The molecule has 4 nitrogen and oxygen atoms in total. The summed E-state index contributed by atoms with van der Waals surface area (Å²) in [4.78, 5) is 2.07. The van der Waals surface area contributed by atoms with Crippen molar-refractivity contribution in [1.29, 1.82) is 0 Å². The van der Waals surface area contributed by atoms with Gasteiger partial charge in [0, 0.05) is 18.7 Å². The minimum atomic E-state index is 0.122. The number of aromatic hydroxyl groups is 2. The molecule has 0 aliphatic rings. The molecule has 0 aliphatic heterocycles. The molecule has 1 aromatic rings. The van der Waals surface area contributed by atoms with Gasteiger partial charge in [-0.05, 0) is 27.1 Å². The van der Waals surface area contributed by atoms with E-state index in [-0.39, 0.29) is 11.8 Å². The van der Waals surface area contributed by atoms with Gasteiger partial charge in [-0.3, -0.25) is 4.57 Å². The van der Waals surface area contributed by atoms with E-state index < -0.39 is 0 Å². The zero-order valence-corrected chi connectivity index (χ0v) is 8.06. The highest BCUT2D eigenvalue weighted by atomic mass is 16.3. The van der Waals surface area contributed by atoms with Crippen LogP contribution in [0.5, 0.6) is 11.8 Å². The SMILES string of the molecule is CN(C)CCCn1c(O)ccc1O. The lowest BCUT2D eigenvalue weighted by atomic mass is 10.4. The smallest absolute Gasteiger partial charge is 0.193 e. The first kappa shape index (κ1) is 9.92. The molecule has 0 aliphatic carbocycles. The van der Waals surface area contributed by atoms with Gasteiger partial charge < -0.3 is 15.1 Å². The van der Waals surface area contributed by atoms with E-state index in [0.29, 0.717) is 6.54 Å². The quantitative estimate of drug-likeness (QED) is 0.729. The molecular formula is C9H16N2O2. The summed E-state index contributed by atoms with van der Waals surface area (Å²) in [5.41, 5.74) is 0. The van der Waals surface area contributed by atoms with Crippen molar-refractivity contribution < 1.29 is 10.2 Å².